The molecule has 0 atom stereocenters. The number of benzene rings is 3. The Hall–Kier alpha value is -2.54. The van der Waals surface area contributed by atoms with Gasteiger partial charge in [0.2, 0.25) is 0 Å². The van der Waals surface area contributed by atoms with Gasteiger partial charge in [-0.1, -0.05) is 33.6 Å². The first-order chi connectivity index (χ1) is 15.0. The molecule has 1 fully saturated rings. The first kappa shape index (κ1) is 21.7. The molecule has 0 unspecified atom stereocenters. The lowest BCUT2D eigenvalue weighted by Gasteiger charge is -2.29. The second kappa shape index (κ2) is 9.73. The zero-order valence-corrected chi connectivity index (χ0v) is 19.6. The average Bonchev–Trinajstić information content (AvgIpc) is 2.78. The van der Waals surface area contributed by atoms with Gasteiger partial charge < -0.3 is 20.9 Å². The van der Waals surface area contributed by atoms with Crippen molar-refractivity contribution < 1.29 is 4.79 Å². The second-order valence-corrected chi connectivity index (χ2v) is 8.79. The maximum Gasteiger partial charge on any atom is 0.257 e. The number of hydrogen-bond acceptors (Lipinski definition) is 4. The Kier molecular flexibility index (Phi) is 6.80. The van der Waals surface area contributed by atoms with Gasteiger partial charge in [-0.25, -0.2) is 0 Å². The normalized spacial score (nSPS) is 13.7. The van der Waals surface area contributed by atoms with Crippen LogP contribution in [0.15, 0.2) is 65.1 Å². The van der Waals surface area contributed by atoms with Crippen molar-refractivity contribution in [1.82, 2.24) is 5.32 Å². The van der Waals surface area contributed by atoms with Crippen LogP contribution in [-0.4, -0.2) is 32.1 Å². The fourth-order valence-corrected chi connectivity index (χ4v) is 4.12. The number of carbonyl (C=O) groups is 1. The van der Waals surface area contributed by atoms with Crippen LogP contribution in [0.5, 0.6) is 0 Å². The van der Waals surface area contributed by atoms with E-state index in [4.69, 9.17) is 11.6 Å². The van der Waals surface area contributed by atoms with Gasteiger partial charge in [-0.3, -0.25) is 4.79 Å². The third-order valence-electron chi connectivity index (χ3n) is 5.37. The molecule has 0 saturated carbocycles. The number of nitrogens with one attached hydrogen (secondary N) is 3. The van der Waals surface area contributed by atoms with Crippen LogP contribution in [0.25, 0.3) is 0 Å². The van der Waals surface area contributed by atoms with Gasteiger partial charge in [-0.15, -0.1) is 0 Å². The number of halogens is 2. The molecule has 0 aliphatic carbocycles. The molecule has 3 aromatic rings. The quantitative estimate of drug-likeness (QED) is 0.414. The van der Waals surface area contributed by atoms with Crippen molar-refractivity contribution in [3.63, 3.8) is 0 Å². The van der Waals surface area contributed by atoms with E-state index in [0.29, 0.717) is 16.3 Å². The topological polar surface area (TPSA) is 56.4 Å². The van der Waals surface area contributed by atoms with E-state index in [-0.39, 0.29) is 5.91 Å². The van der Waals surface area contributed by atoms with E-state index in [1.165, 1.54) is 5.69 Å². The average molecular weight is 500 g/mol. The van der Waals surface area contributed by atoms with E-state index in [1.54, 1.807) is 6.07 Å². The first-order valence-corrected chi connectivity index (χ1v) is 11.4. The summed E-state index contributed by atoms with van der Waals surface area (Å²) >= 11 is 9.75. The predicted octanol–water partition coefficient (Wildman–Crippen LogP) is 5.82. The standard InChI is InChI=1S/C24H24BrClN4O/c1-16-21(26)3-2-4-22(16)29-23-15-17(25)5-10-20(23)24(31)28-18-6-8-19(9-7-18)30-13-11-27-12-14-30/h2-10,15,27,29H,11-14H2,1H3,(H,28,31). The molecular weight excluding hydrogens is 476 g/mol. The van der Waals surface area contributed by atoms with Crippen molar-refractivity contribution in [2.45, 2.75) is 6.92 Å². The van der Waals surface area contributed by atoms with E-state index in [0.717, 1.165) is 47.6 Å². The number of piperazine rings is 1. The summed E-state index contributed by atoms with van der Waals surface area (Å²) in [6, 6.07) is 19.2. The number of anilines is 4. The van der Waals surface area contributed by atoms with Gasteiger partial charge in [-0.2, -0.15) is 0 Å². The van der Waals surface area contributed by atoms with Crippen LogP contribution in [0.3, 0.4) is 0 Å². The molecule has 1 amide bonds. The lowest BCUT2D eigenvalue weighted by atomic mass is 10.1. The Morgan fingerprint density at radius 1 is 1.03 bits per heavy atom. The van der Waals surface area contributed by atoms with Crippen LogP contribution in [0, 0.1) is 6.92 Å². The Labute approximate surface area is 195 Å². The zero-order chi connectivity index (χ0) is 21.8. The minimum Gasteiger partial charge on any atom is -0.369 e. The third-order valence-corrected chi connectivity index (χ3v) is 6.27. The van der Waals surface area contributed by atoms with Crippen molar-refractivity contribution >= 4 is 56.2 Å². The minimum absolute atomic E-state index is 0.176. The van der Waals surface area contributed by atoms with Gasteiger partial charge in [-0.05, 0) is 67.1 Å². The molecule has 0 bridgehead atoms. The van der Waals surface area contributed by atoms with Gasteiger partial charge in [0.15, 0.2) is 0 Å². The highest BCUT2D eigenvalue weighted by Crippen LogP contribution is 2.30. The minimum atomic E-state index is -0.176. The Balaban J connectivity index is 1.52. The molecule has 5 nitrogen and oxygen atoms in total. The molecule has 3 N–H and O–H groups in total. The Morgan fingerprint density at radius 3 is 2.52 bits per heavy atom. The fraction of sp³-hybridized carbons (Fsp3) is 0.208. The fourth-order valence-electron chi connectivity index (χ4n) is 3.58. The summed E-state index contributed by atoms with van der Waals surface area (Å²) in [6.45, 7) is 5.90. The van der Waals surface area contributed by atoms with E-state index in [9.17, 15) is 4.79 Å². The molecule has 4 rings (SSSR count). The van der Waals surface area contributed by atoms with Crippen molar-refractivity contribution in [1.29, 1.82) is 0 Å². The van der Waals surface area contributed by atoms with Gasteiger partial charge >= 0.3 is 0 Å². The van der Waals surface area contributed by atoms with E-state index < -0.39 is 0 Å². The Morgan fingerprint density at radius 2 is 1.77 bits per heavy atom. The molecule has 3 aromatic carbocycles. The summed E-state index contributed by atoms with van der Waals surface area (Å²) in [5, 5.41) is 10.4. The summed E-state index contributed by atoms with van der Waals surface area (Å²) in [6.07, 6.45) is 0. The SMILES string of the molecule is Cc1c(Cl)cccc1Nc1cc(Br)ccc1C(=O)Nc1ccc(N2CCNCC2)cc1. The van der Waals surface area contributed by atoms with Gasteiger partial charge in [0.25, 0.3) is 5.91 Å². The summed E-state index contributed by atoms with van der Waals surface area (Å²) in [7, 11) is 0. The first-order valence-electron chi connectivity index (χ1n) is 10.2. The molecule has 1 saturated heterocycles. The molecule has 0 radical (unpaired) electrons. The van der Waals surface area contributed by atoms with Crippen LogP contribution >= 0.6 is 27.5 Å². The van der Waals surface area contributed by atoms with Crippen molar-refractivity contribution in [3.8, 4) is 0 Å². The second-order valence-electron chi connectivity index (χ2n) is 7.47. The molecule has 1 heterocycles. The molecule has 7 heteroatoms. The van der Waals surface area contributed by atoms with Crippen molar-refractivity contribution in [2.24, 2.45) is 0 Å². The largest absolute Gasteiger partial charge is 0.369 e. The summed E-state index contributed by atoms with van der Waals surface area (Å²) in [4.78, 5) is 15.4. The number of amides is 1. The van der Waals surface area contributed by atoms with Crippen LogP contribution in [0.4, 0.5) is 22.7 Å². The van der Waals surface area contributed by atoms with E-state index in [2.05, 4.69) is 48.9 Å². The molecule has 0 aromatic heterocycles. The highest BCUT2D eigenvalue weighted by Gasteiger charge is 2.15. The van der Waals surface area contributed by atoms with Crippen molar-refractivity contribution in [2.75, 3.05) is 41.7 Å². The zero-order valence-electron chi connectivity index (χ0n) is 17.2. The molecular formula is C24H24BrClN4O. The van der Waals surface area contributed by atoms with Crippen LogP contribution in [-0.2, 0) is 0 Å². The summed E-state index contributed by atoms with van der Waals surface area (Å²) in [5.41, 5.74) is 4.97. The van der Waals surface area contributed by atoms with Crippen molar-refractivity contribution in [3.05, 3.63) is 81.3 Å². The monoisotopic (exact) mass is 498 g/mol. The molecule has 160 valence electrons. The van der Waals surface area contributed by atoms with Gasteiger partial charge in [0, 0.05) is 52.7 Å². The number of rotatable bonds is 5. The molecule has 0 spiro atoms. The smallest absolute Gasteiger partial charge is 0.257 e. The van der Waals surface area contributed by atoms with Gasteiger partial charge in [0.1, 0.15) is 0 Å². The summed E-state index contributed by atoms with van der Waals surface area (Å²) < 4.78 is 0.881. The number of hydrogen-bond donors (Lipinski definition) is 3. The van der Waals surface area contributed by atoms with Crippen LogP contribution in [0.2, 0.25) is 5.02 Å². The molecule has 1 aliphatic heterocycles. The predicted molar refractivity (Wildman–Crippen MR) is 133 cm³/mol. The molecule has 31 heavy (non-hydrogen) atoms. The van der Waals surface area contributed by atoms with Gasteiger partial charge in [0.05, 0.1) is 11.3 Å². The maximum atomic E-state index is 13.1. The van der Waals surface area contributed by atoms with Crippen LogP contribution in [0.1, 0.15) is 15.9 Å². The van der Waals surface area contributed by atoms with E-state index in [1.807, 2.05) is 49.4 Å². The maximum absolute atomic E-state index is 13.1. The summed E-state index contributed by atoms with van der Waals surface area (Å²) in [5.74, 6) is -0.176. The lowest BCUT2D eigenvalue weighted by Crippen LogP contribution is -2.43. The number of nitrogens with zero attached hydrogens (tertiary/aromatic N) is 1. The third kappa shape index (κ3) is 5.21. The Bertz CT molecular complexity index is 1080. The molecule has 1 aliphatic rings. The highest BCUT2D eigenvalue weighted by molar-refractivity contribution is 9.10. The van der Waals surface area contributed by atoms with Crippen LogP contribution < -0.4 is 20.9 Å². The lowest BCUT2D eigenvalue weighted by molar-refractivity contribution is 0.102. The highest BCUT2D eigenvalue weighted by atomic mass is 79.9. The van der Waals surface area contributed by atoms with E-state index >= 15 is 0 Å². The number of carbonyl (C=O) groups excluding carboxylic acids is 1.